The first kappa shape index (κ1) is 12.3. The van der Waals surface area contributed by atoms with Crippen LogP contribution in [0.4, 0.5) is 0 Å². The molecule has 0 radical (unpaired) electrons. The van der Waals surface area contributed by atoms with Gasteiger partial charge in [-0.3, -0.25) is 0 Å². The van der Waals surface area contributed by atoms with Crippen molar-refractivity contribution in [2.24, 2.45) is 0 Å². The van der Waals surface area contributed by atoms with E-state index in [1.165, 1.54) is 12.1 Å². The Balaban J connectivity index is 2.63. The zero-order chi connectivity index (χ0) is 11.9. The minimum absolute atomic E-state index is 0.269. The Kier molecular flexibility index (Phi) is 3.27. The van der Waals surface area contributed by atoms with E-state index in [2.05, 4.69) is 0 Å². The minimum Gasteiger partial charge on any atom is -0.492 e. The van der Waals surface area contributed by atoms with Gasteiger partial charge in [0.1, 0.15) is 11.0 Å². The molecule has 88 valence electrons. The largest absolute Gasteiger partial charge is 0.492 e. The van der Waals surface area contributed by atoms with Crippen molar-refractivity contribution >= 4 is 42.9 Å². The predicted octanol–water partition coefficient (Wildman–Crippen LogP) is 3.39. The van der Waals surface area contributed by atoms with Gasteiger partial charge < -0.3 is 4.74 Å². The van der Waals surface area contributed by atoms with Crippen LogP contribution in [-0.2, 0) is 9.05 Å². The van der Waals surface area contributed by atoms with Gasteiger partial charge in [-0.25, -0.2) is 8.42 Å². The molecule has 0 bridgehead atoms. The summed E-state index contributed by atoms with van der Waals surface area (Å²) in [4.78, 5) is 0. The SMILES string of the molecule is O=S(=O)(Cl)C1CCOc2c(Cl)cc(Cl)cc21. The normalized spacial score (nSPS) is 20.1. The lowest BCUT2D eigenvalue weighted by molar-refractivity contribution is 0.284. The zero-order valence-electron chi connectivity index (χ0n) is 7.91. The lowest BCUT2D eigenvalue weighted by Crippen LogP contribution is -2.18. The van der Waals surface area contributed by atoms with E-state index in [0.717, 1.165) is 0 Å². The molecule has 1 aromatic carbocycles. The van der Waals surface area contributed by atoms with Crippen LogP contribution in [0.25, 0.3) is 0 Å². The number of fused-ring (bicyclic) bond motifs is 1. The number of ether oxygens (including phenoxy) is 1. The van der Waals surface area contributed by atoms with Crippen molar-refractivity contribution in [1.82, 2.24) is 0 Å². The van der Waals surface area contributed by atoms with Crippen molar-refractivity contribution < 1.29 is 13.2 Å². The Morgan fingerprint density at radius 2 is 2.00 bits per heavy atom. The van der Waals surface area contributed by atoms with E-state index in [9.17, 15) is 8.42 Å². The van der Waals surface area contributed by atoms with Crippen molar-refractivity contribution in [3.05, 3.63) is 27.7 Å². The third-order valence-corrected chi connectivity index (χ3v) is 4.66. The molecule has 1 heterocycles. The summed E-state index contributed by atoms with van der Waals surface area (Å²) in [7, 11) is 1.68. The molecule has 0 N–H and O–H groups in total. The van der Waals surface area contributed by atoms with Crippen LogP contribution in [0, 0.1) is 0 Å². The van der Waals surface area contributed by atoms with E-state index in [4.69, 9.17) is 38.6 Å². The highest BCUT2D eigenvalue weighted by atomic mass is 35.7. The minimum atomic E-state index is -3.70. The summed E-state index contributed by atoms with van der Waals surface area (Å²) in [5.41, 5.74) is 0.429. The quantitative estimate of drug-likeness (QED) is 0.747. The molecular weight excluding hydrogens is 295 g/mol. The maximum atomic E-state index is 11.4. The average molecular weight is 302 g/mol. The Morgan fingerprint density at radius 1 is 1.31 bits per heavy atom. The van der Waals surface area contributed by atoms with Gasteiger partial charge in [-0.15, -0.1) is 0 Å². The highest BCUT2D eigenvalue weighted by Gasteiger charge is 2.32. The van der Waals surface area contributed by atoms with Gasteiger partial charge >= 0.3 is 0 Å². The van der Waals surface area contributed by atoms with E-state index < -0.39 is 14.3 Å². The highest BCUT2D eigenvalue weighted by molar-refractivity contribution is 8.13. The molecule has 16 heavy (non-hydrogen) atoms. The molecule has 1 aliphatic heterocycles. The zero-order valence-corrected chi connectivity index (χ0v) is 11.0. The molecule has 1 aromatic rings. The Labute approximate surface area is 108 Å². The number of benzene rings is 1. The smallest absolute Gasteiger partial charge is 0.239 e. The molecule has 0 fully saturated rings. The molecule has 1 aliphatic rings. The maximum Gasteiger partial charge on any atom is 0.239 e. The van der Waals surface area contributed by atoms with Crippen LogP contribution in [0.2, 0.25) is 10.0 Å². The topological polar surface area (TPSA) is 43.4 Å². The molecule has 3 nitrogen and oxygen atoms in total. The van der Waals surface area contributed by atoms with E-state index in [1.54, 1.807) is 0 Å². The van der Waals surface area contributed by atoms with Crippen LogP contribution in [0.15, 0.2) is 12.1 Å². The van der Waals surface area contributed by atoms with Gasteiger partial charge in [0, 0.05) is 27.7 Å². The highest BCUT2D eigenvalue weighted by Crippen LogP contribution is 2.44. The summed E-state index contributed by atoms with van der Waals surface area (Å²) in [6.45, 7) is 0.269. The van der Waals surface area contributed by atoms with Gasteiger partial charge in [-0.2, -0.15) is 0 Å². The standard InChI is InChI=1S/C9H7Cl3O3S/c10-5-3-6-8(16(12,13)14)1-2-15-9(6)7(11)4-5/h3-4,8H,1-2H2. The summed E-state index contributed by atoms with van der Waals surface area (Å²) >= 11 is 11.7. The number of hydrogen-bond acceptors (Lipinski definition) is 3. The predicted molar refractivity (Wildman–Crippen MR) is 64.1 cm³/mol. The first-order chi connectivity index (χ1) is 7.39. The van der Waals surface area contributed by atoms with E-state index in [0.29, 0.717) is 27.8 Å². The second-order valence-corrected chi connectivity index (χ2v) is 7.06. The molecule has 0 spiro atoms. The van der Waals surface area contributed by atoms with Crippen molar-refractivity contribution in [3.8, 4) is 5.75 Å². The average Bonchev–Trinajstić information content (AvgIpc) is 2.15. The second kappa shape index (κ2) is 4.26. The van der Waals surface area contributed by atoms with Gasteiger partial charge in [-0.05, 0) is 12.1 Å². The molecule has 0 aromatic heterocycles. The van der Waals surface area contributed by atoms with Gasteiger partial charge in [0.2, 0.25) is 9.05 Å². The molecule has 0 aliphatic carbocycles. The number of hydrogen-bond donors (Lipinski definition) is 0. The lowest BCUT2D eigenvalue weighted by atomic mass is 10.1. The summed E-state index contributed by atoms with van der Waals surface area (Å²) in [6.07, 6.45) is 0.301. The van der Waals surface area contributed by atoms with Crippen LogP contribution in [0.1, 0.15) is 17.2 Å². The first-order valence-electron chi connectivity index (χ1n) is 4.45. The fourth-order valence-electron chi connectivity index (χ4n) is 1.69. The van der Waals surface area contributed by atoms with Crippen LogP contribution < -0.4 is 4.74 Å². The van der Waals surface area contributed by atoms with E-state index >= 15 is 0 Å². The third-order valence-electron chi connectivity index (χ3n) is 2.35. The van der Waals surface area contributed by atoms with Crippen molar-refractivity contribution in [2.45, 2.75) is 11.7 Å². The van der Waals surface area contributed by atoms with Crippen LogP contribution in [0.5, 0.6) is 5.75 Å². The number of halogens is 3. The van der Waals surface area contributed by atoms with Crippen molar-refractivity contribution in [2.75, 3.05) is 6.61 Å². The van der Waals surface area contributed by atoms with Gasteiger partial charge in [-0.1, -0.05) is 23.2 Å². The second-order valence-electron chi connectivity index (χ2n) is 3.41. The Hall–Kier alpha value is -0.160. The third kappa shape index (κ3) is 2.25. The van der Waals surface area contributed by atoms with Crippen molar-refractivity contribution in [3.63, 3.8) is 0 Å². The van der Waals surface area contributed by atoms with Gasteiger partial charge in [0.05, 0.1) is 11.6 Å². The van der Waals surface area contributed by atoms with E-state index in [1.807, 2.05) is 0 Å². The van der Waals surface area contributed by atoms with Gasteiger partial charge in [0.15, 0.2) is 0 Å². The Bertz CT molecular complexity index is 527. The molecule has 1 atom stereocenters. The Morgan fingerprint density at radius 3 is 2.62 bits per heavy atom. The summed E-state index contributed by atoms with van der Waals surface area (Å²) in [5.74, 6) is 0.353. The fraction of sp³-hybridized carbons (Fsp3) is 0.333. The summed E-state index contributed by atoms with van der Waals surface area (Å²) in [6, 6.07) is 3.03. The van der Waals surface area contributed by atoms with Crippen LogP contribution in [-0.4, -0.2) is 15.0 Å². The lowest BCUT2D eigenvalue weighted by Gasteiger charge is -2.24. The van der Waals surface area contributed by atoms with Crippen LogP contribution in [0.3, 0.4) is 0 Å². The monoisotopic (exact) mass is 300 g/mol. The van der Waals surface area contributed by atoms with E-state index in [-0.39, 0.29) is 6.61 Å². The molecule has 0 amide bonds. The van der Waals surface area contributed by atoms with Crippen molar-refractivity contribution in [1.29, 1.82) is 0 Å². The fourth-order valence-corrected chi connectivity index (χ4v) is 3.66. The number of rotatable bonds is 1. The summed E-state index contributed by atoms with van der Waals surface area (Å²) < 4.78 is 28.1. The summed E-state index contributed by atoms with van der Waals surface area (Å²) in [5, 5.41) is -0.152. The maximum absolute atomic E-state index is 11.4. The molecule has 0 saturated carbocycles. The molecule has 7 heteroatoms. The first-order valence-corrected chi connectivity index (χ1v) is 7.57. The molecule has 1 unspecified atom stereocenters. The molecule has 0 saturated heterocycles. The molecular formula is C9H7Cl3O3S. The molecule has 2 rings (SSSR count). The van der Waals surface area contributed by atoms with Gasteiger partial charge in [0.25, 0.3) is 0 Å². The van der Waals surface area contributed by atoms with Crippen LogP contribution >= 0.6 is 33.9 Å².